The highest BCUT2D eigenvalue weighted by Crippen LogP contribution is 2.24. The van der Waals surface area contributed by atoms with Gasteiger partial charge in [-0.3, -0.25) is 4.90 Å². The molecule has 0 radical (unpaired) electrons. The highest BCUT2D eigenvalue weighted by Gasteiger charge is 2.30. The molecule has 3 nitrogen and oxygen atoms in total. The van der Waals surface area contributed by atoms with Crippen molar-refractivity contribution in [3.05, 3.63) is 0 Å². The van der Waals surface area contributed by atoms with E-state index in [0.717, 1.165) is 0 Å². The van der Waals surface area contributed by atoms with Crippen molar-refractivity contribution in [3.63, 3.8) is 0 Å². The smallest absolute Gasteiger partial charge is 0.0558 e. The minimum Gasteiger partial charge on any atom is -0.395 e. The number of rotatable bonds is 5. The standard InChI is InChI=1S/C11H26N2O/c1-9(2)13(6-7-14)10(8-12)11(3,4)5/h9-10,14H,6-8,12H2,1-5H3. The van der Waals surface area contributed by atoms with Crippen LogP contribution in [0.1, 0.15) is 34.6 Å². The van der Waals surface area contributed by atoms with E-state index < -0.39 is 0 Å². The third-order valence-corrected chi connectivity index (χ3v) is 2.64. The van der Waals surface area contributed by atoms with Gasteiger partial charge in [0.15, 0.2) is 0 Å². The summed E-state index contributed by atoms with van der Waals surface area (Å²) >= 11 is 0. The van der Waals surface area contributed by atoms with E-state index in [9.17, 15) is 0 Å². The molecule has 0 fully saturated rings. The summed E-state index contributed by atoms with van der Waals surface area (Å²) in [5, 5.41) is 9.01. The third kappa shape index (κ3) is 3.95. The summed E-state index contributed by atoms with van der Waals surface area (Å²) in [5.74, 6) is 0. The fourth-order valence-corrected chi connectivity index (χ4v) is 1.88. The van der Waals surface area contributed by atoms with Gasteiger partial charge in [-0.15, -0.1) is 0 Å². The van der Waals surface area contributed by atoms with Gasteiger partial charge in [0.05, 0.1) is 6.61 Å². The van der Waals surface area contributed by atoms with Gasteiger partial charge in [-0.05, 0) is 19.3 Å². The maximum absolute atomic E-state index is 9.01. The van der Waals surface area contributed by atoms with Crippen LogP contribution < -0.4 is 5.73 Å². The lowest BCUT2D eigenvalue weighted by Crippen LogP contribution is -2.52. The van der Waals surface area contributed by atoms with Gasteiger partial charge >= 0.3 is 0 Å². The van der Waals surface area contributed by atoms with Crippen molar-refractivity contribution >= 4 is 0 Å². The van der Waals surface area contributed by atoms with Crippen LogP contribution in [0.2, 0.25) is 0 Å². The molecule has 1 unspecified atom stereocenters. The van der Waals surface area contributed by atoms with Gasteiger partial charge in [0.1, 0.15) is 0 Å². The van der Waals surface area contributed by atoms with Gasteiger partial charge in [0, 0.05) is 25.2 Å². The monoisotopic (exact) mass is 202 g/mol. The summed E-state index contributed by atoms with van der Waals surface area (Å²) in [6.45, 7) is 12.4. The zero-order chi connectivity index (χ0) is 11.4. The maximum Gasteiger partial charge on any atom is 0.0558 e. The number of nitrogens with zero attached hydrogens (tertiary/aromatic N) is 1. The van der Waals surface area contributed by atoms with E-state index in [1.54, 1.807) is 0 Å². The highest BCUT2D eigenvalue weighted by atomic mass is 16.3. The molecule has 0 rings (SSSR count). The molecule has 0 aliphatic rings. The van der Waals surface area contributed by atoms with Crippen LogP contribution in [0, 0.1) is 5.41 Å². The molecule has 0 aromatic rings. The van der Waals surface area contributed by atoms with Gasteiger partial charge in [-0.1, -0.05) is 20.8 Å². The fourth-order valence-electron chi connectivity index (χ4n) is 1.88. The molecule has 0 aliphatic carbocycles. The van der Waals surface area contributed by atoms with Crippen LogP contribution >= 0.6 is 0 Å². The second-order valence-electron chi connectivity index (χ2n) is 5.17. The van der Waals surface area contributed by atoms with Crippen LogP contribution in [-0.4, -0.2) is 41.8 Å². The molecule has 14 heavy (non-hydrogen) atoms. The van der Waals surface area contributed by atoms with Crippen LogP contribution in [0.5, 0.6) is 0 Å². The first-order valence-corrected chi connectivity index (χ1v) is 5.41. The largest absolute Gasteiger partial charge is 0.395 e. The first-order chi connectivity index (χ1) is 6.34. The van der Waals surface area contributed by atoms with Crippen molar-refractivity contribution < 1.29 is 5.11 Å². The van der Waals surface area contributed by atoms with Gasteiger partial charge < -0.3 is 10.8 Å². The van der Waals surface area contributed by atoms with Crippen LogP contribution in [0.25, 0.3) is 0 Å². The molecule has 3 N–H and O–H groups in total. The Hall–Kier alpha value is -0.120. The quantitative estimate of drug-likeness (QED) is 0.701. The molecule has 0 saturated carbocycles. The molecule has 0 heterocycles. The molecule has 86 valence electrons. The van der Waals surface area contributed by atoms with E-state index in [2.05, 4.69) is 39.5 Å². The van der Waals surface area contributed by atoms with E-state index in [1.807, 2.05) is 0 Å². The first kappa shape index (κ1) is 13.9. The van der Waals surface area contributed by atoms with E-state index in [1.165, 1.54) is 0 Å². The molecule has 0 saturated heterocycles. The Morgan fingerprint density at radius 3 is 2.00 bits per heavy atom. The van der Waals surface area contributed by atoms with Crippen LogP contribution in [0.15, 0.2) is 0 Å². The van der Waals surface area contributed by atoms with Crippen molar-refractivity contribution in [1.82, 2.24) is 4.90 Å². The van der Waals surface area contributed by atoms with Crippen molar-refractivity contribution in [3.8, 4) is 0 Å². The van der Waals surface area contributed by atoms with Crippen molar-refractivity contribution in [2.24, 2.45) is 11.1 Å². The highest BCUT2D eigenvalue weighted by molar-refractivity contribution is 4.85. The molecule has 3 heteroatoms. The van der Waals surface area contributed by atoms with Crippen molar-refractivity contribution in [2.45, 2.75) is 46.7 Å². The minimum atomic E-state index is 0.161. The van der Waals surface area contributed by atoms with E-state index in [-0.39, 0.29) is 12.0 Å². The Labute approximate surface area is 88.3 Å². The van der Waals surface area contributed by atoms with E-state index in [0.29, 0.717) is 25.2 Å². The van der Waals surface area contributed by atoms with Crippen LogP contribution in [0.3, 0.4) is 0 Å². The molecule has 0 aliphatic heterocycles. The first-order valence-electron chi connectivity index (χ1n) is 5.41. The molecule has 0 bridgehead atoms. The van der Waals surface area contributed by atoms with Gasteiger partial charge in [-0.2, -0.15) is 0 Å². The van der Waals surface area contributed by atoms with E-state index >= 15 is 0 Å². The number of hydrogen-bond donors (Lipinski definition) is 2. The number of aliphatic hydroxyl groups excluding tert-OH is 1. The lowest BCUT2D eigenvalue weighted by Gasteiger charge is -2.41. The molecule has 1 atom stereocenters. The molecular weight excluding hydrogens is 176 g/mol. The Balaban J connectivity index is 4.58. The number of aliphatic hydroxyl groups is 1. The topological polar surface area (TPSA) is 49.5 Å². The predicted molar refractivity (Wildman–Crippen MR) is 61.2 cm³/mol. The fraction of sp³-hybridized carbons (Fsp3) is 1.00. The maximum atomic E-state index is 9.01. The summed E-state index contributed by atoms with van der Waals surface area (Å²) in [5.41, 5.74) is 5.97. The summed E-state index contributed by atoms with van der Waals surface area (Å²) < 4.78 is 0. The van der Waals surface area contributed by atoms with Crippen LogP contribution in [-0.2, 0) is 0 Å². The van der Waals surface area contributed by atoms with Gasteiger partial charge in [-0.25, -0.2) is 0 Å². The molecule has 0 aromatic heterocycles. The predicted octanol–water partition coefficient (Wildman–Crippen LogP) is 1.06. The van der Waals surface area contributed by atoms with Crippen molar-refractivity contribution in [2.75, 3.05) is 19.7 Å². The summed E-state index contributed by atoms with van der Waals surface area (Å²) in [4.78, 5) is 2.28. The second-order valence-corrected chi connectivity index (χ2v) is 5.17. The Kier molecular flexibility index (Phi) is 5.64. The SMILES string of the molecule is CC(C)N(CCO)C(CN)C(C)(C)C. The minimum absolute atomic E-state index is 0.161. The average molecular weight is 202 g/mol. The Morgan fingerprint density at radius 1 is 1.29 bits per heavy atom. The third-order valence-electron chi connectivity index (χ3n) is 2.64. The second kappa shape index (κ2) is 5.69. The molecular formula is C11H26N2O. The van der Waals surface area contributed by atoms with Crippen molar-refractivity contribution in [1.29, 1.82) is 0 Å². The normalized spacial score (nSPS) is 15.2. The average Bonchev–Trinajstić information content (AvgIpc) is 2.01. The Bertz CT molecular complexity index is 152. The van der Waals surface area contributed by atoms with Crippen LogP contribution in [0.4, 0.5) is 0 Å². The lowest BCUT2D eigenvalue weighted by molar-refractivity contribution is 0.0587. The summed E-state index contributed by atoms with van der Waals surface area (Å²) in [6, 6.07) is 0.754. The van der Waals surface area contributed by atoms with E-state index in [4.69, 9.17) is 10.8 Å². The zero-order valence-corrected chi connectivity index (χ0v) is 10.2. The Morgan fingerprint density at radius 2 is 1.79 bits per heavy atom. The molecule has 0 spiro atoms. The zero-order valence-electron chi connectivity index (χ0n) is 10.2. The summed E-state index contributed by atoms with van der Waals surface area (Å²) in [7, 11) is 0. The van der Waals surface area contributed by atoms with Gasteiger partial charge in [0.25, 0.3) is 0 Å². The number of hydrogen-bond acceptors (Lipinski definition) is 3. The van der Waals surface area contributed by atoms with Gasteiger partial charge in [0.2, 0.25) is 0 Å². The molecule has 0 amide bonds. The lowest BCUT2D eigenvalue weighted by atomic mass is 9.85. The number of nitrogens with two attached hydrogens (primary N) is 1. The summed E-state index contributed by atoms with van der Waals surface area (Å²) in [6.07, 6.45) is 0. The molecule has 0 aromatic carbocycles.